The van der Waals surface area contributed by atoms with Gasteiger partial charge in [0.05, 0.1) is 12.1 Å². The molecule has 2 aliphatic heterocycles. The zero-order valence-electron chi connectivity index (χ0n) is 20.1. The number of hydrogen-bond acceptors (Lipinski definition) is 5. The fraction of sp³-hybridized carbons (Fsp3) is 0.370. The fourth-order valence-corrected chi connectivity index (χ4v) is 5.45. The van der Waals surface area contributed by atoms with Crippen LogP contribution in [0.3, 0.4) is 0 Å². The lowest BCUT2D eigenvalue weighted by molar-refractivity contribution is -0.166. The maximum absolute atomic E-state index is 13.5. The fourth-order valence-electron chi connectivity index (χ4n) is 5.45. The molecule has 5 rings (SSSR count). The third-order valence-corrected chi connectivity index (χ3v) is 6.93. The van der Waals surface area contributed by atoms with Crippen LogP contribution >= 0.6 is 0 Å². The van der Waals surface area contributed by atoms with E-state index in [2.05, 4.69) is 0 Å². The van der Waals surface area contributed by atoms with Crippen molar-refractivity contribution in [3.05, 3.63) is 71.9 Å². The Hall–Kier alpha value is -3.65. The number of rotatable bonds is 3. The Labute approximate surface area is 203 Å². The standard InChI is InChI=1S/C27H29N3O5/c1-26(2,3)35-25(33)28-16-20(19-11-7-8-12-22(19)28)21-17-30(34)24(32)27(21)14-13-23(31)29(27)15-18-9-5-4-6-10-18/h4-12,16,21,34H,13-15,17H2,1-3H3/t21-,27-/m1/s1. The summed E-state index contributed by atoms with van der Waals surface area (Å²) in [5.74, 6) is -1.14. The number of benzene rings is 2. The Morgan fingerprint density at radius 1 is 1.09 bits per heavy atom. The van der Waals surface area contributed by atoms with Gasteiger partial charge in [-0.25, -0.2) is 9.86 Å². The molecule has 3 heterocycles. The van der Waals surface area contributed by atoms with Crippen molar-refractivity contribution < 1.29 is 24.3 Å². The minimum Gasteiger partial charge on any atom is -0.443 e. The van der Waals surface area contributed by atoms with Gasteiger partial charge in [-0.2, -0.15) is 0 Å². The monoisotopic (exact) mass is 475 g/mol. The van der Waals surface area contributed by atoms with Crippen LogP contribution in [0.2, 0.25) is 0 Å². The highest BCUT2D eigenvalue weighted by Gasteiger charge is 2.62. The number of para-hydroxylation sites is 1. The summed E-state index contributed by atoms with van der Waals surface area (Å²) >= 11 is 0. The summed E-state index contributed by atoms with van der Waals surface area (Å²) in [6.45, 7) is 5.70. The van der Waals surface area contributed by atoms with Crippen molar-refractivity contribution in [2.75, 3.05) is 6.54 Å². The van der Waals surface area contributed by atoms with Gasteiger partial charge in [0.2, 0.25) is 5.91 Å². The molecule has 2 aromatic carbocycles. The topological polar surface area (TPSA) is 92.1 Å². The Morgan fingerprint density at radius 3 is 2.49 bits per heavy atom. The minimum absolute atomic E-state index is 0.0275. The number of nitrogens with zero attached hydrogens (tertiary/aromatic N) is 3. The van der Waals surface area contributed by atoms with E-state index >= 15 is 0 Å². The van der Waals surface area contributed by atoms with Gasteiger partial charge in [-0.15, -0.1) is 0 Å². The Kier molecular flexibility index (Phi) is 5.44. The first-order valence-corrected chi connectivity index (χ1v) is 11.8. The van der Waals surface area contributed by atoms with E-state index in [1.807, 2.05) is 54.6 Å². The van der Waals surface area contributed by atoms with Gasteiger partial charge in [0.25, 0.3) is 5.91 Å². The molecule has 3 aromatic rings. The molecule has 0 unspecified atom stereocenters. The van der Waals surface area contributed by atoms with E-state index < -0.39 is 29.1 Å². The molecular formula is C27H29N3O5. The molecule has 35 heavy (non-hydrogen) atoms. The van der Waals surface area contributed by atoms with Crippen LogP contribution in [-0.2, 0) is 20.9 Å². The second-order valence-electron chi connectivity index (χ2n) is 10.3. The maximum atomic E-state index is 13.5. The van der Waals surface area contributed by atoms with Crippen LogP contribution in [0.25, 0.3) is 10.9 Å². The Bertz CT molecular complexity index is 1310. The molecule has 1 N–H and O–H groups in total. The van der Waals surface area contributed by atoms with Gasteiger partial charge in [-0.1, -0.05) is 48.5 Å². The van der Waals surface area contributed by atoms with Crippen LogP contribution in [0.1, 0.15) is 50.7 Å². The molecule has 0 aliphatic carbocycles. The highest BCUT2D eigenvalue weighted by molar-refractivity contribution is 5.99. The van der Waals surface area contributed by atoms with E-state index in [0.29, 0.717) is 11.9 Å². The molecule has 0 radical (unpaired) electrons. The summed E-state index contributed by atoms with van der Waals surface area (Å²) in [6, 6.07) is 16.9. The zero-order valence-corrected chi connectivity index (χ0v) is 20.1. The molecule has 8 heteroatoms. The number of carbonyl (C=O) groups excluding carboxylic acids is 3. The molecule has 182 valence electrons. The van der Waals surface area contributed by atoms with E-state index in [9.17, 15) is 19.6 Å². The van der Waals surface area contributed by atoms with Crippen molar-refractivity contribution in [3.8, 4) is 0 Å². The molecule has 0 bridgehead atoms. The van der Waals surface area contributed by atoms with Gasteiger partial charge in [0.15, 0.2) is 0 Å². The van der Waals surface area contributed by atoms with Crippen molar-refractivity contribution in [1.29, 1.82) is 0 Å². The summed E-state index contributed by atoms with van der Waals surface area (Å²) in [4.78, 5) is 41.3. The second kappa shape index (κ2) is 8.23. The summed E-state index contributed by atoms with van der Waals surface area (Å²) in [5, 5.41) is 12.1. The van der Waals surface area contributed by atoms with Crippen molar-refractivity contribution in [3.63, 3.8) is 0 Å². The highest BCUT2D eigenvalue weighted by atomic mass is 16.6. The van der Waals surface area contributed by atoms with Gasteiger partial charge in [-0.05, 0) is 44.4 Å². The van der Waals surface area contributed by atoms with E-state index in [1.54, 1.807) is 31.9 Å². The molecule has 2 atom stereocenters. The quantitative estimate of drug-likeness (QED) is 0.570. The lowest BCUT2D eigenvalue weighted by Crippen LogP contribution is -2.53. The predicted molar refractivity (Wildman–Crippen MR) is 129 cm³/mol. The van der Waals surface area contributed by atoms with Crippen LogP contribution in [-0.4, -0.2) is 55.3 Å². The summed E-state index contributed by atoms with van der Waals surface area (Å²) in [6.07, 6.45) is 1.68. The average molecular weight is 476 g/mol. The number of hydrogen-bond donors (Lipinski definition) is 1. The third-order valence-electron chi connectivity index (χ3n) is 6.93. The van der Waals surface area contributed by atoms with Crippen molar-refractivity contribution in [2.24, 2.45) is 0 Å². The van der Waals surface area contributed by atoms with Crippen molar-refractivity contribution in [1.82, 2.24) is 14.5 Å². The number of hydroxylamine groups is 2. The first-order valence-electron chi connectivity index (χ1n) is 11.8. The summed E-state index contributed by atoms with van der Waals surface area (Å²) in [7, 11) is 0. The van der Waals surface area contributed by atoms with Crippen LogP contribution in [0.5, 0.6) is 0 Å². The molecule has 2 fully saturated rings. The largest absolute Gasteiger partial charge is 0.443 e. The van der Waals surface area contributed by atoms with Gasteiger partial charge in [0, 0.05) is 30.5 Å². The number of likely N-dealkylation sites (tertiary alicyclic amines) is 1. The van der Waals surface area contributed by atoms with Crippen LogP contribution in [0, 0.1) is 0 Å². The maximum Gasteiger partial charge on any atom is 0.419 e. The van der Waals surface area contributed by atoms with Gasteiger partial charge >= 0.3 is 6.09 Å². The van der Waals surface area contributed by atoms with Crippen LogP contribution in [0.15, 0.2) is 60.8 Å². The normalized spacial score (nSPS) is 22.6. The second-order valence-corrected chi connectivity index (χ2v) is 10.3. The predicted octanol–water partition coefficient (Wildman–Crippen LogP) is 4.30. The number of fused-ring (bicyclic) bond motifs is 1. The lowest BCUT2D eigenvalue weighted by Gasteiger charge is -2.37. The third kappa shape index (κ3) is 3.78. The van der Waals surface area contributed by atoms with E-state index in [1.165, 1.54) is 4.57 Å². The van der Waals surface area contributed by atoms with Crippen molar-refractivity contribution >= 4 is 28.8 Å². The SMILES string of the molecule is CC(C)(C)OC(=O)n1cc([C@H]2CN(O)C(=O)[C@@]23CCC(=O)N3Cc2ccccc2)c2ccccc21. The molecule has 1 spiro atoms. The summed E-state index contributed by atoms with van der Waals surface area (Å²) in [5.41, 5.74) is 0.365. The first-order chi connectivity index (χ1) is 16.6. The highest BCUT2D eigenvalue weighted by Crippen LogP contribution is 2.50. The molecule has 2 amide bonds. The van der Waals surface area contributed by atoms with E-state index in [0.717, 1.165) is 21.6 Å². The molecule has 8 nitrogen and oxygen atoms in total. The number of carbonyl (C=O) groups is 3. The number of aromatic nitrogens is 1. The molecule has 0 saturated carbocycles. The van der Waals surface area contributed by atoms with Crippen LogP contribution in [0.4, 0.5) is 4.79 Å². The molecule has 2 aliphatic rings. The van der Waals surface area contributed by atoms with Gasteiger partial charge < -0.3 is 9.64 Å². The van der Waals surface area contributed by atoms with E-state index in [-0.39, 0.29) is 25.4 Å². The smallest absolute Gasteiger partial charge is 0.419 e. The van der Waals surface area contributed by atoms with Crippen LogP contribution < -0.4 is 0 Å². The van der Waals surface area contributed by atoms with Gasteiger partial charge in [0.1, 0.15) is 11.1 Å². The number of ether oxygens (including phenoxy) is 1. The zero-order chi connectivity index (χ0) is 25.0. The minimum atomic E-state index is -1.23. The first kappa shape index (κ1) is 23.1. The Morgan fingerprint density at radius 2 is 1.77 bits per heavy atom. The molecular weight excluding hydrogens is 446 g/mol. The van der Waals surface area contributed by atoms with Crippen molar-refractivity contribution in [2.45, 2.75) is 57.2 Å². The Balaban J connectivity index is 1.63. The summed E-state index contributed by atoms with van der Waals surface area (Å²) < 4.78 is 7.07. The number of amides is 2. The van der Waals surface area contributed by atoms with E-state index in [4.69, 9.17) is 4.74 Å². The van der Waals surface area contributed by atoms with Gasteiger partial charge in [-0.3, -0.25) is 19.4 Å². The average Bonchev–Trinajstić information content (AvgIpc) is 3.43. The molecule has 2 saturated heterocycles. The molecule has 1 aromatic heterocycles. The lowest BCUT2D eigenvalue weighted by atomic mass is 9.79.